The second-order valence-electron chi connectivity index (χ2n) is 7.10. The fourth-order valence-electron chi connectivity index (χ4n) is 3.88. The molecule has 136 valence electrons. The first kappa shape index (κ1) is 16.8. The zero-order chi connectivity index (χ0) is 18.3. The Morgan fingerprint density at radius 3 is 2.65 bits per heavy atom. The average molecular weight is 352 g/mol. The zero-order valence-electron chi connectivity index (χ0n) is 15.1. The number of anilines is 4. The van der Waals surface area contributed by atoms with Crippen LogP contribution >= 0.6 is 0 Å². The number of para-hydroxylation sites is 1. The van der Waals surface area contributed by atoms with Crippen molar-refractivity contribution in [2.75, 3.05) is 29.2 Å². The lowest BCUT2D eigenvalue weighted by Gasteiger charge is -2.29. The van der Waals surface area contributed by atoms with Gasteiger partial charge in [-0.05, 0) is 25.0 Å². The first-order valence-corrected chi connectivity index (χ1v) is 9.11. The molecule has 1 fully saturated rings. The molecule has 1 aromatic heterocycles. The molecule has 1 saturated carbocycles. The number of carbonyl (C=O) groups excluding carboxylic acids is 1. The number of amides is 1. The number of nitrogens with zero attached hydrogens (tertiary/aromatic N) is 3. The Morgan fingerprint density at radius 1 is 1.08 bits per heavy atom. The lowest BCUT2D eigenvalue weighted by Crippen LogP contribution is -2.36. The third kappa shape index (κ3) is 2.80. The molecular weight excluding hydrogens is 328 g/mol. The Morgan fingerprint density at radius 2 is 1.85 bits per heavy atom. The molecule has 1 aliphatic carbocycles. The average Bonchev–Trinajstić information content (AvgIpc) is 2.74. The summed E-state index contributed by atoms with van der Waals surface area (Å²) in [7, 11) is 3.74. The van der Waals surface area contributed by atoms with Gasteiger partial charge in [-0.25, -0.2) is 4.98 Å². The van der Waals surface area contributed by atoms with Crippen molar-refractivity contribution in [2.24, 2.45) is 0 Å². The predicted molar refractivity (Wildman–Crippen MR) is 103 cm³/mol. The molecule has 2 atom stereocenters. The van der Waals surface area contributed by atoms with Gasteiger partial charge in [0.25, 0.3) is 5.91 Å². The summed E-state index contributed by atoms with van der Waals surface area (Å²) >= 11 is 0. The summed E-state index contributed by atoms with van der Waals surface area (Å²) in [6, 6.07) is 9.60. The lowest BCUT2D eigenvalue weighted by molar-refractivity contribution is 0.0994. The van der Waals surface area contributed by atoms with Crippen LogP contribution in [0, 0.1) is 0 Å². The van der Waals surface area contributed by atoms with Crippen molar-refractivity contribution in [1.29, 1.82) is 0 Å². The first-order valence-electron chi connectivity index (χ1n) is 9.11. The molecule has 0 radical (unpaired) electrons. The van der Waals surface area contributed by atoms with Crippen molar-refractivity contribution in [3.63, 3.8) is 0 Å². The second-order valence-corrected chi connectivity index (χ2v) is 7.10. The summed E-state index contributed by atoms with van der Waals surface area (Å²) in [5, 5.41) is 13.6. The van der Waals surface area contributed by atoms with E-state index in [9.17, 15) is 9.90 Å². The van der Waals surface area contributed by atoms with Gasteiger partial charge >= 0.3 is 0 Å². The van der Waals surface area contributed by atoms with Gasteiger partial charge in [0.2, 0.25) is 0 Å². The summed E-state index contributed by atoms with van der Waals surface area (Å²) in [5.74, 6) is 0.679. The summed E-state index contributed by atoms with van der Waals surface area (Å²) in [4.78, 5) is 21.0. The van der Waals surface area contributed by atoms with Gasteiger partial charge in [-0.1, -0.05) is 25.0 Å². The monoisotopic (exact) mass is 352 g/mol. The van der Waals surface area contributed by atoms with E-state index in [0.29, 0.717) is 5.56 Å². The van der Waals surface area contributed by atoms with Gasteiger partial charge in [0, 0.05) is 20.2 Å². The number of rotatable bonds is 2. The minimum atomic E-state index is -0.341. The molecule has 6 heteroatoms. The van der Waals surface area contributed by atoms with Crippen LogP contribution in [-0.2, 0) is 0 Å². The summed E-state index contributed by atoms with van der Waals surface area (Å²) in [6.07, 6.45) is 5.34. The summed E-state index contributed by atoms with van der Waals surface area (Å²) < 4.78 is 0. The number of carbonyl (C=O) groups is 1. The standard InChI is InChI=1S/C20H24N4O2/c1-23-15-9-5-3-7-13(15)20(26)24(2)17-12-21-19(11-16(17)23)22-14-8-4-6-10-18(14)25/h3,5,7,9,11-12,14,18,25H,4,6,8,10H2,1-2H3,(H,21,22)/t14-,18?/m1/s1. The van der Waals surface area contributed by atoms with E-state index in [1.165, 1.54) is 0 Å². The van der Waals surface area contributed by atoms with Crippen LogP contribution in [0.5, 0.6) is 0 Å². The number of aliphatic hydroxyl groups excluding tert-OH is 1. The SMILES string of the molecule is CN1C(=O)c2ccccc2N(C)c2cc(N[C@@H]3CCCCC3O)ncc21. The van der Waals surface area contributed by atoms with Crippen LogP contribution in [0.1, 0.15) is 36.0 Å². The van der Waals surface area contributed by atoms with Gasteiger partial charge < -0.3 is 20.2 Å². The Hall–Kier alpha value is -2.60. The van der Waals surface area contributed by atoms with Crippen molar-refractivity contribution >= 4 is 28.8 Å². The van der Waals surface area contributed by atoms with Crippen LogP contribution < -0.4 is 15.1 Å². The van der Waals surface area contributed by atoms with Gasteiger partial charge in [0.15, 0.2) is 0 Å². The van der Waals surface area contributed by atoms with E-state index >= 15 is 0 Å². The molecule has 2 heterocycles. The number of fused-ring (bicyclic) bond motifs is 2. The van der Waals surface area contributed by atoms with Crippen molar-refractivity contribution < 1.29 is 9.90 Å². The highest BCUT2D eigenvalue weighted by atomic mass is 16.3. The van der Waals surface area contributed by atoms with E-state index < -0.39 is 0 Å². The van der Waals surface area contributed by atoms with E-state index in [-0.39, 0.29) is 18.1 Å². The largest absolute Gasteiger partial charge is 0.391 e. The topological polar surface area (TPSA) is 68.7 Å². The molecule has 0 bridgehead atoms. The minimum absolute atomic E-state index is 0.0250. The van der Waals surface area contributed by atoms with Crippen LogP contribution in [0.25, 0.3) is 0 Å². The van der Waals surface area contributed by atoms with Gasteiger partial charge in [-0.3, -0.25) is 4.79 Å². The number of pyridine rings is 1. The van der Waals surface area contributed by atoms with E-state index in [2.05, 4.69) is 10.3 Å². The van der Waals surface area contributed by atoms with Crippen LogP contribution in [-0.4, -0.2) is 42.2 Å². The molecule has 0 spiro atoms. The summed E-state index contributed by atoms with van der Waals surface area (Å²) in [5.41, 5.74) is 3.22. The Bertz CT molecular complexity index is 838. The number of aliphatic hydroxyl groups is 1. The molecule has 1 unspecified atom stereocenters. The highest BCUT2D eigenvalue weighted by Gasteiger charge is 2.28. The first-order chi connectivity index (χ1) is 12.6. The van der Waals surface area contributed by atoms with E-state index in [0.717, 1.165) is 48.6 Å². The predicted octanol–water partition coefficient (Wildman–Crippen LogP) is 3.15. The molecular formula is C20H24N4O2. The second kappa shape index (κ2) is 6.61. The number of nitrogens with one attached hydrogen (secondary N) is 1. The Balaban J connectivity index is 1.72. The van der Waals surface area contributed by atoms with Gasteiger partial charge in [0.1, 0.15) is 5.82 Å². The normalized spacial score (nSPS) is 22.5. The lowest BCUT2D eigenvalue weighted by atomic mass is 9.92. The fourth-order valence-corrected chi connectivity index (χ4v) is 3.88. The molecule has 0 saturated heterocycles. The number of aromatic nitrogens is 1. The Kier molecular flexibility index (Phi) is 4.28. The van der Waals surface area contributed by atoms with E-state index in [1.807, 2.05) is 42.3 Å². The van der Waals surface area contributed by atoms with Crippen molar-refractivity contribution in [1.82, 2.24) is 4.98 Å². The van der Waals surface area contributed by atoms with Gasteiger partial charge in [-0.2, -0.15) is 0 Å². The number of benzene rings is 1. The quantitative estimate of drug-likeness (QED) is 0.869. The Labute approximate surface area is 153 Å². The highest BCUT2D eigenvalue weighted by molar-refractivity contribution is 6.13. The van der Waals surface area contributed by atoms with E-state index in [4.69, 9.17) is 0 Å². The number of hydrogen-bond acceptors (Lipinski definition) is 5. The van der Waals surface area contributed by atoms with Crippen LogP contribution in [0.3, 0.4) is 0 Å². The summed E-state index contributed by atoms with van der Waals surface area (Å²) in [6.45, 7) is 0. The van der Waals surface area contributed by atoms with E-state index in [1.54, 1.807) is 18.1 Å². The molecule has 4 rings (SSSR count). The third-order valence-corrected chi connectivity index (χ3v) is 5.45. The molecule has 2 aliphatic rings. The molecule has 1 aromatic carbocycles. The van der Waals surface area contributed by atoms with Crippen molar-refractivity contribution in [3.05, 3.63) is 42.1 Å². The molecule has 2 aromatic rings. The molecule has 1 amide bonds. The fraction of sp³-hybridized carbons (Fsp3) is 0.400. The smallest absolute Gasteiger partial charge is 0.260 e. The molecule has 26 heavy (non-hydrogen) atoms. The maximum atomic E-state index is 12.8. The van der Waals surface area contributed by atoms with Crippen LogP contribution in [0.15, 0.2) is 36.5 Å². The molecule has 1 aliphatic heterocycles. The molecule has 2 N–H and O–H groups in total. The third-order valence-electron chi connectivity index (χ3n) is 5.45. The van der Waals surface area contributed by atoms with Crippen LogP contribution in [0.2, 0.25) is 0 Å². The van der Waals surface area contributed by atoms with Gasteiger partial charge in [-0.15, -0.1) is 0 Å². The minimum Gasteiger partial charge on any atom is -0.391 e. The van der Waals surface area contributed by atoms with Gasteiger partial charge in [0.05, 0.1) is 41.0 Å². The maximum Gasteiger partial charge on any atom is 0.260 e. The van der Waals surface area contributed by atoms with Crippen molar-refractivity contribution in [2.45, 2.75) is 37.8 Å². The number of hydrogen-bond donors (Lipinski definition) is 2. The zero-order valence-corrected chi connectivity index (χ0v) is 15.1. The maximum absolute atomic E-state index is 12.8. The molecule has 6 nitrogen and oxygen atoms in total. The highest BCUT2D eigenvalue weighted by Crippen LogP contribution is 2.39. The van der Waals surface area contributed by atoms with Crippen LogP contribution in [0.4, 0.5) is 22.9 Å². The van der Waals surface area contributed by atoms with Crippen molar-refractivity contribution in [3.8, 4) is 0 Å².